The van der Waals surface area contributed by atoms with E-state index < -0.39 is 0 Å². The average Bonchev–Trinajstić information content (AvgIpc) is 2.76. The van der Waals surface area contributed by atoms with Crippen LogP contribution in [0.25, 0.3) is 16.7 Å². The van der Waals surface area contributed by atoms with Crippen molar-refractivity contribution in [3.63, 3.8) is 0 Å². The molecule has 0 aliphatic rings. The molecule has 0 radical (unpaired) electrons. The molecule has 0 spiro atoms. The Kier molecular flexibility index (Phi) is 1.56. The molecular weight excluding hydrogens is 190 g/mol. The average molecular weight is 197 g/mol. The van der Waals surface area contributed by atoms with Crippen molar-refractivity contribution >= 4 is 23.0 Å². The van der Waals surface area contributed by atoms with E-state index in [1.54, 1.807) is 18.5 Å². The van der Waals surface area contributed by atoms with E-state index in [0.29, 0.717) is 5.56 Å². The highest BCUT2D eigenvalue weighted by Gasteiger charge is 2.02. The van der Waals surface area contributed by atoms with Crippen LogP contribution >= 0.6 is 0 Å². The van der Waals surface area contributed by atoms with Crippen molar-refractivity contribution in [2.24, 2.45) is 0 Å². The smallest absolute Gasteiger partial charge is 0.155 e. The van der Waals surface area contributed by atoms with Crippen LogP contribution < -0.4 is 0 Å². The highest BCUT2D eigenvalue weighted by Crippen LogP contribution is 2.14. The number of fused-ring (bicyclic) bond motifs is 3. The minimum Gasteiger partial charge on any atom is -0.298 e. The van der Waals surface area contributed by atoms with E-state index in [1.165, 1.54) is 0 Å². The third-order valence-corrected chi connectivity index (χ3v) is 2.38. The molecular formula is C11H7N3O. The Morgan fingerprint density at radius 3 is 3.07 bits per heavy atom. The lowest BCUT2D eigenvalue weighted by molar-refractivity contribution is 0.112. The zero-order chi connectivity index (χ0) is 10.3. The first-order valence-electron chi connectivity index (χ1n) is 4.55. The third-order valence-electron chi connectivity index (χ3n) is 2.38. The van der Waals surface area contributed by atoms with Crippen molar-refractivity contribution in [3.8, 4) is 0 Å². The fourth-order valence-corrected chi connectivity index (χ4v) is 1.66. The van der Waals surface area contributed by atoms with Gasteiger partial charge in [0, 0.05) is 18.0 Å². The van der Waals surface area contributed by atoms with Gasteiger partial charge in [0.2, 0.25) is 0 Å². The highest BCUT2D eigenvalue weighted by molar-refractivity contribution is 5.85. The molecule has 2 heterocycles. The van der Waals surface area contributed by atoms with Crippen LogP contribution in [0.1, 0.15) is 10.4 Å². The second kappa shape index (κ2) is 2.88. The van der Waals surface area contributed by atoms with Crippen LogP contribution in [0.5, 0.6) is 0 Å². The van der Waals surface area contributed by atoms with E-state index in [0.717, 1.165) is 23.0 Å². The molecule has 4 heteroatoms. The predicted molar refractivity (Wildman–Crippen MR) is 55.9 cm³/mol. The Balaban J connectivity index is 2.53. The maximum Gasteiger partial charge on any atom is 0.155 e. The highest BCUT2D eigenvalue weighted by atomic mass is 16.1. The molecule has 0 amide bonds. The maximum atomic E-state index is 10.7. The summed E-state index contributed by atoms with van der Waals surface area (Å²) in [6.07, 6.45) is 6.11. The summed E-state index contributed by atoms with van der Waals surface area (Å²) in [5.41, 5.74) is 3.18. The van der Waals surface area contributed by atoms with Gasteiger partial charge in [-0.1, -0.05) is 0 Å². The molecule has 15 heavy (non-hydrogen) atoms. The molecule has 0 atom stereocenters. The Bertz CT molecular complexity index is 657. The SMILES string of the molecule is O=Cc1ccc2ncc3nccn3c2c1. The Labute approximate surface area is 85.2 Å². The molecule has 0 bridgehead atoms. The van der Waals surface area contributed by atoms with Crippen LogP contribution in [0.3, 0.4) is 0 Å². The van der Waals surface area contributed by atoms with Gasteiger partial charge < -0.3 is 0 Å². The molecule has 3 rings (SSSR count). The number of benzene rings is 1. The van der Waals surface area contributed by atoms with Crippen molar-refractivity contribution in [2.75, 3.05) is 0 Å². The normalized spacial score (nSPS) is 10.9. The van der Waals surface area contributed by atoms with E-state index in [2.05, 4.69) is 9.97 Å². The van der Waals surface area contributed by atoms with E-state index in [1.807, 2.05) is 22.7 Å². The monoisotopic (exact) mass is 197 g/mol. The van der Waals surface area contributed by atoms with Crippen molar-refractivity contribution < 1.29 is 4.79 Å². The van der Waals surface area contributed by atoms with Gasteiger partial charge in [-0.2, -0.15) is 0 Å². The molecule has 0 unspecified atom stereocenters. The molecule has 3 aromatic rings. The molecule has 0 aliphatic carbocycles. The van der Waals surface area contributed by atoms with Gasteiger partial charge in [-0.25, -0.2) is 4.98 Å². The summed E-state index contributed by atoms with van der Waals surface area (Å²) in [5.74, 6) is 0. The van der Waals surface area contributed by atoms with Gasteiger partial charge in [0.15, 0.2) is 5.65 Å². The lowest BCUT2D eigenvalue weighted by Gasteiger charge is -2.01. The van der Waals surface area contributed by atoms with E-state index in [4.69, 9.17) is 0 Å². The summed E-state index contributed by atoms with van der Waals surface area (Å²) in [7, 11) is 0. The summed E-state index contributed by atoms with van der Waals surface area (Å²) >= 11 is 0. The number of carbonyl (C=O) groups excluding carboxylic acids is 1. The minimum atomic E-state index is 0.644. The quantitative estimate of drug-likeness (QED) is 0.558. The topological polar surface area (TPSA) is 47.3 Å². The van der Waals surface area contributed by atoms with Crippen molar-refractivity contribution in [1.82, 2.24) is 14.4 Å². The molecule has 0 aliphatic heterocycles. The molecule has 0 saturated carbocycles. The molecule has 0 saturated heterocycles. The van der Waals surface area contributed by atoms with Gasteiger partial charge in [0.05, 0.1) is 17.2 Å². The van der Waals surface area contributed by atoms with Gasteiger partial charge in [-0.15, -0.1) is 0 Å². The molecule has 1 aromatic carbocycles. The summed E-state index contributed by atoms with van der Waals surface area (Å²) in [6, 6.07) is 5.40. The second-order valence-electron chi connectivity index (χ2n) is 3.28. The van der Waals surface area contributed by atoms with Crippen LogP contribution in [0.4, 0.5) is 0 Å². The Morgan fingerprint density at radius 2 is 2.20 bits per heavy atom. The number of nitrogens with zero attached hydrogens (tertiary/aromatic N) is 3. The number of imidazole rings is 1. The molecule has 4 nitrogen and oxygen atoms in total. The summed E-state index contributed by atoms with van der Waals surface area (Å²) in [4.78, 5) is 19.1. The predicted octanol–water partition coefficient (Wildman–Crippen LogP) is 1.70. The first kappa shape index (κ1) is 8.11. The molecule has 0 fully saturated rings. The zero-order valence-electron chi connectivity index (χ0n) is 7.79. The summed E-state index contributed by atoms with van der Waals surface area (Å²) in [5, 5.41) is 0. The number of aldehydes is 1. The van der Waals surface area contributed by atoms with Gasteiger partial charge in [0.1, 0.15) is 6.29 Å². The molecule has 72 valence electrons. The number of hydrogen-bond acceptors (Lipinski definition) is 3. The van der Waals surface area contributed by atoms with Gasteiger partial charge in [0.25, 0.3) is 0 Å². The van der Waals surface area contributed by atoms with E-state index in [-0.39, 0.29) is 0 Å². The first-order valence-corrected chi connectivity index (χ1v) is 4.55. The summed E-state index contributed by atoms with van der Waals surface area (Å²) < 4.78 is 1.91. The Hall–Kier alpha value is -2.23. The zero-order valence-corrected chi connectivity index (χ0v) is 7.79. The second-order valence-corrected chi connectivity index (χ2v) is 3.28. The van der Waals surface area contributed by atoms with Gasteiger partial charge >= 0.3 is 0 Å². The number of carbonyl (C=O) groups is 1. The van der Waals surface area contributed by atoms with Crippen LogP contribution in [0.15, 0.2) is 36.8 Å². The van der Waals surface area contributed by atoms with Crippen molar-refractivity contribution in [1.29, 1.82) is 0 Å². The van der Waals surface area contributed by atoms with Crippen molar-refractivity contribution in [2.45, 2.75) is 0 Å². The van der Waals surface area contributed by atoms with E-state index in [9.17, 15) is 4.79 Å². The lowest BCUT2D eigenvalue weighted by Crippen LogP contribution is -1.91. The van der Waals surface area contributed by atoms with Gasteiger partial charge in [-0.05, 0) is 18.2 Å². The maximum absolute atomic E-state index is 10.7. The molecule has 0 N–H and O–H groups in total. The number of aromatic nitrogens is 3. The van der Waals surface area contributed by atoms with Crippen LogP contribution in [0, 0.1) is 0 Å². The number of rotatable bonds is 1. The van der Waals surface area contributed by atoms with Crippen LogP contribution in [0.2, 0.25) is 0 Å². The van der Waals surface area contributed by atoms with E-state index >= 15 is 0 Å². The minimum absolute atomic E-state index is 0.644. The lowest BCUT2D eigenvalue weighted by atomic mass is 10.2. The van der Waals surface area contributed by atoms with Crippen LogP contribution in [-0.2, 0) is 0 Å². The first-order chi connectivity index (χ1) is 7.38. The van der Waals surface area contributed by atoms with Gasteiger partial charge in [-0.3, -0.25) is 14.2 Å². The van der Waals surface area contributed by atoms with Crippen molar-refractivity contribution in [3.05, 3.63) is 42.4 Å². The summed E-state index contributed by atoms with van der Waals surface area (Å²) in [6.45, 7) is 0. The number of hydrogen-bond donors (Lipinski definition) is 0. The molecule has 2 aromatic heterocycles. The van der Waals surface area contributed by atoms with Crippen LogP contribution in [-0.4, -0.2) is 20.7 Å². The fourth-order valence-electron chi connectivity index (χ4n) is 1.66. The Morgan fingerprint density at radius 1 is 1.27 bits per heavy atom. The largest absolute Gasteiger partial charge is 0.298 e. The standard InChI is InChI=1S/C11H7N3O/c15-7-8-1-2-9-10(5-8)14-4-3-12-11(14)6-13-9/h1-7H. The third kappa shape index (κ3) is 1.11. The fraction of sp³-hybridized carbons (Fsp3) is 0.